The molecule has 3 atom stereocenters. The van der Waals surface area contributed by atoms with Crippen molar-refractivity contribution < 1.29 is 8.78 Å². The van der Waals surface area contributed by atoms with Gasteiger partial charge in [-0.05, 0) is 48.6 Å². The average Bonchev–Trinajstić information content (AvgIpc) is 2.33. The van der Waals surface area contributed by atoms with E-state index in [1.54, 1.807) is 0 Å². The van der Waals surface area contributed by atoms with Crippen LogP contribution in [0.1, 0.15) is 45.6 Å². The minimum atomic E-state index is -0.423. The van der Waals surface area contributed by atoms with E-state index in [-0.39, 0.29) is 11.0 Å². The van der Waals surface area contributed by atoms with Crippen LogP contribution in [0.2, 0.25) is 0 Å². The Labute approximate surface area is 129 Å². The molecule has 1 saturated carbocycles. The topological polar surface area (TPSA) is 0 Å². The molecule has 1 aliphatic rings. The van der Waals surface area contributed by atoms with Gasteiger partial charge in [-0.25, -0.2) is 8.78 Å². The van der Waals surface area contributed by atoms with Crippen molar-refractivity contribution in [1.29, 1.82) is 0 Å². The first kappa shape index (κ1) is 15.9. The quantitative estimate of drug-likeness (QED) is 0.614. The fraction of sp³-hybridized carbons (Fsp3) is 0.647. The van der Waals surface area contributed by atoms with Gasteiger partial charge in [0.05, 0.1) is 0 Å². The summed E-state index contributed by atoms with van der Waals surface area (Å²) in [5, 5.41) is 0. The molecule has 112 valence electrons. The second-order valence-electron chi connectivity index (χ2n) is 6.91. The summed E-state index contributed by atoms with van der Waals surface area (Å²) in [6.45, 7) is 6.54. The third-order valence-electron chi connectivity index (χ3n) is 4.73. The van der Waals surface area contributed by atoms with Crippen molar-refractivity contribution in [3.63, 3.8) is 0 Å². The molecule has 0 bridgehead atoms. The van der Waals surface area contributed by atoms with Crippen LogP contribution in [-0.4, -0.2) is 4.83 Å². The molecular weight excluding hydrogens is 322 g/mol. The zero-order valence-electron chi connectivity index (χ0n) is 12.4. The summed E-state index contributed by atoms with van der Waals surface area (Å²) in [5.74, 6) is 0.344. The van der Waals surface area contributed by atoms with Gasteiger partial charge in [-0.2, -0.15) is 0 Å². The summed E-state index contributed by atoms with van der Waals surface area (Å²) >= 11 is 3.79. The molecule has 0 aliphatic heterocycles. The minimum Gasteiger partial charge on any atom is -0.207 e. The molecule has 1 aliphatic carbocycles. The van der Waals surface area contributed by atoms with E-state index < -0.39 is 11.6 Å². The van der Waals surface area contributed by atoms with Gasteiger partial charge in [0.1, 0.15) is 11.6 Å². The van der Waals surface area contributed by atoms with Gasteiger partial charge in [0, 0.05) is 10.4 Å². The highest BCUT2D eigenvalue weighted by Crippen LogP contribution is 2.45. The third kappa shape index (κ3) is 3.41. The molecule has 1 aromatic rings. The van der Waals surface area contributed by atoms with Crippen LogP contribution in [0.15, 0.2) is 18.2 Å². The molecule has 0 radical (unpaired) electrons. The molecule has 0 nitrogen and oxygen atoms in total. The first-order chi connectivity index (χ1) is 9.31. The number of hydrogen-bond acceptors (Lipinski definition) is 0. The fourth-order valence-corrected chi connectivity index (χ4v) is 5.10. The summed E-state index contributed by atoms with van der Waals surface area (Å²) in [5.41, 5.74) is 0.118. The zero-order chi connectivity index (χ0) is 14.9. The molecule has 3 unspecified atom stereocenters. The van der Waals surface area contributed by atoms with E-state index in [1.165, 1.54) is 24.6 Å². The Morgan fingerprint density at radius 1 is 1.20 bits per heavy atom. The highest BCUT2D eigenvalue weighted by molar-refractivity contribution is 9.09. The highest BCUT2D eigenvalue weighted by atomic mass is 79.9. The Bertz CT molecular complexity index is 450. The van der Waals surface area contributed by atoms with Crippen LogP contribution >= 0.6 is 15.9 Å². The summed E-state index contributed by atoms with van der Waals surface area (Å²) in [6.07, 6.45) is 3.93. The molecule has 1 fully saturated rings. The van der Waals surface area contributed by atoms with Crippen LogP contribution < -0.4 is 0 Å². The van der Waals surface area contributed by atoms with Gasteiger partial charge in [-0.1, -0.05) is 49.2 Å². The van der Waals surface area contributed by atoms with Gasteiger partial charge in [0.15, 0.2) is 0 Å². The number of halogens is 3. The second kappa shape index (κ2) is 6.13. The predicted molar refractivity (Wildman–Crippen MR) is 83.1 cm³/mol. The molecule has 0 N–H and O–H groups in total. The first-order valence-electron chi connectivity index (χ1n) is 7.38. The molecule has 0 amide bonds. The number of benzene rings is 1. The van der Waals surface area contributed by atoms with Crippen molar-refractivity contribution in [2.45, 2.75) is 51.3 Å². The Balaban J connectivity index is 2.18. The van der Waals surface area contributed by atoms with Crippen LogP contribution in [0, 0.1) is 28.9 Å². The first-order valence-corrected chi connectivity index (χ1v) is 8.30. The Morgan fingerprint density at radius 3 is 2.35 bits per heavy atom. The fourth-order valence-electron chi connectivity index (χ4n) is 3.48. The van der Waals surface area contributed by atoms with Gasteiger partial charge in [-0.15, -0.1) is 0 Å². The van der Waals surface area contributed by atoms with Gasteiger partial charge in [0.25, 0.3) is 0 Å². The summed E-state index contributed by atoms with van der Waals surface area (Å²) in [7, 11) is 0. The molecular formula is C17H23BrF2. The van der Waals surface area contributed by atoms with Crippen molar-refractivity contribution >= 4 is 15.9 Å². The van der Waals surface area contributed by atoms with Crippen molar-refractivity contribution in [3.05, 3.63) is 35.4 Å². The van der Waals surface area contributed by atoms with Crippen LogP contribution in [0.5, 0.6) is 0 Å². The molecule has 2 rings (SSSR count). The van der Waals surface area contributed by atoms with Crippen LogP contribution in [0.4, 0.5) is 8.78 Å². The average molecular weight is 345 g/mol. The number of rotatable bonds is 3. The lowest BCUT2D eigenvalue weighted by molar-refractivity contribution is 0.144. The van der Waals surface area contributed by atoms with Crippen molar-refractivity contribution in [2.24, 2.45) is 17.3 Å². The summed E-state index contributed by atoms with van der Waals surface area (Å²) < 4.78 is 27.7. The molecule has 0 aromatic heterocycles. The maximum atomic E-state index is 13.9. The van der Waals surface area contributed by atoms with Gasteiger partial charge < -0.3 is 0 Å². The maximum Gasteiger partial charge on any atom is 0.129 e. The molecule has 20 heavy (non-hydrogen) atoms. The Morgan fingerprint density at radius 2 is 1.80 bits per heavy atom. The maximum absolute atomic E-state index is 13.9. The molecule has 3 heteroatoms. The summed E-state index contributed by atoms with van der Waals surface area (Å²) in [6, 6.07) is 4.13. The van der Waals surface area contributed by atoms with E-state index in [0.717, 1.165) is 18.8 Å². The lowest BCUT2D eigenvalue weighted by Gasteiger charge is -2.42. The standard InChI is InChI=1S/C17H23BrF2/c1-11-7-8-13(14(18)9-11)17(2,3)10-12-15(19)5-4-6-16(12)20/h4-6,11,13-14H,7-10H2,1-3H3. The molecule has 0 saturated heterocycles. The van der Waals surface area contributed by atoms with Gasteiger partial charge in [0.2, 0.25) is 0 Å². The largest absolute Gasteiger partial charge is 0.207 e. The van der Waals surface area contributed by atoms with Crippen molar-refractivity contribution in [1.82, 2.24) is 0 Å². The lowest BCUT2D eigenvalue weighted by atomic mass is 9.66. The predicted octanol–water partition coefficient (Wildman–Crippen LogP) is 5.73. The Hall–Kier alpha value is -0.440. The molecule has 0 heterocycles. The van der Waals surface area contributed by atoms with E-state index in [4.69, 9.17) is 0 Å². The monoisotopic (exact) mass is 344 g/mol. The normalized spacial score (nSPS) is 27.6. The van der Waals surface area contributed by atoms with E-state index in [1.807, 2.05) is 0 Å². The zero-order valence-corrected chi connectivity index (χ0v) is 14.0. The third-order valence-corrected chi connectivity index (χ3v) is 5.74. The van der Waals surface area contributed by atoms with E-state index in [2.05, 4.69) is 36.7 Å². The van der Waals surface area contributed by atoms with Gasteiger partial charge in [-0.3, -0.25) is 0 Å². The number of alkyl halides is 1. The van der Waals surface area contributed by atoms with Crippen LogP contribution in [-0.2, 0) is 6.42 Å². The van der Waals surface area contributed by atoms with Gasteiger partial charge >= 0.3 is 0 Å². The van der Waals surface area contributed by atoms with E-state index in [0.29, 0.717) is 17.2 Å². The molecule has 1 aromatic carbocycles. The van der Waals surface area contributed by atoms with Crippen molar-refractivity contribution in [2.75, 3.05) is 0 Å². The second-order valence-corrected chi connectivity index (χ2v) is 8.08. The van der Waals surface area contributed by atoms with E-state index in [9.17, 15) is 8.78 Å². The van der Waals surface area contributed by atoms with Crippen LogP contribution in [0.25, 0.3) is 0 Å². The van der Waals surface area contributed by atoms with E-state index >= 15 is 0 Å². The SMILES string of the molecule is CC1CCC(C(C)(C)Cc2c(F)cccc2F)C(Br)C1. The summed E-state index contributed by atoms with van der Waals surface area (Å²) in [4.78, 5) is 0.441. The Kier molecular flexibility index (Phi) is 4.88. The smallest absolute Gasteiger partial charge is 0.129 e. The number of hydrogen-bond donors (Lipinski definition) is 0. The lowest BCUT2D eigenvalue weighted by Crippen LogP contribution is -2.37. The molecule has 0 spiro atoms. The van der Waals surface area contributed by atoms with Crippen LogP contribution in [0.3, 0.4) is 0 Å². The minimum absolute atomic E-state index is 0.114. The highest BCUT2D eigenvalue weighted by Gasteiger charge is 2.38. The van der Waals surface area contributed by atoms with Crippen molar-refractivity contribution in [3.8, 4) is 0 Å².